The third kappa shape index (κ3) is 4.09. The Hall–Kier alpha value is -0.620. The maximum Gasteiger partial charge on any atom is 0.288 e. The summed E-state index contributed by atoms with van der Waals surface area (Å²) in [5, 5.41) is 2.58. The second-order valence-corrected chi connectivity index (χ2v) is 5.39. The molecule has 0 bridgehead atoms. The average molecular weight is 310 g/mol. The van der Waals surface area contributed by atoms with Crippen molar-refractivity contribution in [3.05, 3.63) is 24.3 Å². The van der Waals surface area contributed by atoms with E-state index in [9.17, 15) is 13.6 Å². The zero-order valence-corrected chi connectivity index (χ0v) is 10.8. The Labute approximate surface area is 105 Å². The van der Waals surface area contributed by atoms with E-state index in [0.717, 1.165) is 0 Å². The lowest BCUT2D eigenvalue weighted by Crippen LogP contribution is -2.20. The maximum absolute atomic E-state index is 12.2. The van der Waals surface area contributed by atoms with Crippen molar-refractivity contribution in [2.24, 2.45) is 0 Å². The zero-order valence-electron chi connectivity index (χ0n) is 8.41. The molecule has 1 unspecified atom stereocenters. The molecule has 0 aliphatic heterocycles. The Morgan fingerprint density at radius 1 is 1.44 bits per heavy atom. The number of carbonyl (C=O) groups excluding carboxylic acids is 1. The van der Waals surface area contributed by atoms with Crippen LogP contribution >= 0.6 is 27.7 Å². The first-order valence-corrected chi connectivity index (χ1v) is 6.29. The monoisotopic (exact) mass is 309 g/mol. The average Bonchev–Trinajstić information content (AvgIpc) is 2.20. The van der Waals surface area contributed by atoms with Gasteiger partial charge in [-0.15, -0.1) is 0 Å². The van der Waals surface area contributed by atoms with Crippen molar-refractivity contribution in [3.8, 4) is 0 Å². The van der Waals surface area contributed by atoms with Gasteiger partial charge >= 0.3 is 0 Å². The number of nitrogens with one attached hydrogen (secondary N) is 1. The van der Waals surface area contributed by atoms with Crippen LogP contribution in [0.15, 0.2) is 29.2 Å². The van der Waals surface area contributed by atoms with Gasteiger partial charge in [-0.25, -0.2) is 0 Å². The van der Waals surface area contributed by atoms with Crippen LogP contribution < -0.4 is 5.32 Å². The van der Waals surface area contributed by atoms with Crippen LogP contribution in [0.2, 0.25) is 0 Å². The molecular formula is C10H10BrF2NOS. The van der Waals surface area contributed by atoms with Gasteiger partial charge < -0.3 is 5.32 Å². The molecule has 0 aliphatic carbocycles. The molecule has 0 aliphatic rings. The van der Waals surface area contributed by atoms with Gasteiger partial charge in [-0.3, -0.25) is 4.79 Å². The van der Waals surface area contributed by atoms with Crippen LogP contribution in [0, 0.1) is 0 Å². The Kier molecular flexibility index (Phi) is 5.21. The van der Waals surface area contributed by atoms with E-state index in [1.54, 1.807) is 31.2 Å². The molecule has 0 spiro atoms. The highest BCUT2D eigenvalue weighted by Gasteiger charge is 2.13. The molecule has 1 aromatic carbocycles. The molecule has 1 atom stereocenters. The fourth-order valence-electron chi connectivity index (χ4n) is 1.00. The standard InChI is InChI=1S/C10H10BrF2NOS/c1-6(11)9(15)14-7-4-2-3-5-8(7)16-10(12)13/h2-6,10H,1H3,(H,14,15). The van der Waals surface area contributed by atoms with Gasteiger partial charge in [0.05, 0.1) is 10.5 Å². The minimum absolute atomic E-state index is 0.262. The lowest BCUT2D eigenvalue weighted by molar-refractivity contribution is -0.115. The number of para-hydroxylation sites is 1. The number of alkyl halides is 3. The molecule has 0 saturated heterocycles. The van der Waals surface area contributed by atoms with Crippen LogP contribution in [0.1, 0.15) is 6.92 Å². The summed E-state index contributed by atoms with van der Waals surface area (Å²) in [6.45, 7) is 1.66. The van der Waals surface area contributed by atoms with Gasteiger partial charge in [0.1, 0.15) is 0 Å². The number of amides is 1. The topological polar surface area (TPSA) is 29.1 Å². The van der Waals surface area contributed by atoms with Gasteiger partial charge in [-0.1, -0.05) is 39.8 Å². The van der Waals surface area contributed by atoms with Gasteiger partial charge in [0.2, 0.25) is 5.91 Å². The molecule has 1 amide bonds. The Bertz CT molecular complexity index is 374. The highest BCUT2D eigenvalue weighted by molar-refractivity contribution is 9.10. The van der Waals surface area contributed by atoms with Crippen molar-refractivity contribution in [1.82, 2.24) is 0 Å². The van der Waals surface area contributed by atoms with E-state index in [2.05, 4.69) is 21.2 Å². The van der Waals surface area contributed by atoms with E-state index in [1.165, 1.54) is 0 Å². The first kappa shape index (κ1) is 13.4. The SMILES string of the molecule is CC(Br)C(=O)Nc1ccccc1SC(F)F. The molecule has 88 valence electrons. The summed E-state index contributed by atoms with van der Waals surface area (Å²) in [4.78, 5) is 11.4. The Balaban J connectivity index is 2.82. The third-order valence-electron chi connectivity index (χ3n) is 1.72. The van der Waals surface area contributed by atoms with Crippen molar-refractivity contribution in [2.45, 2.75) is 22.4 Å². The van der Waals surface area contributed by atoms with Crippen LogP contribution in [0.3, 0.4) is 0 Å². The van der Waals surface area contributed by atoms with Gasteiger partial charge in [-0.2, -0.15) is 8.78 Å². The number of halogens is 3. The quantitative estimate of drug-likeness (QED) is 0.678. The van der Waals surface area contributed by atoms with Crippen LogP contribution in [-0.2, 0) is 4.79 Å². The number of hydrogen-bond donors (Lipinski definition) is 1. The fourth-order valence-corrected chi connectivity index (χ4v) is 1.71. The lowest BCUT2D eigenvalue weighted by atomic mass is 10.3. The number of hydrogen-bond acceptors (Lipinski definition) is 2. The van der Waals surface area contributed by atoms with Crippen molar-refractivity contribution < 1.29 is 13.6 Å². The van der Waals surface area contributed by atoms with Gasteiger partial charge in [0.25, 0.3) is 5.76 Å². The first-order chi connectivity index (χ1) is 7.50. The van der Waals surface area contributed by atoms with E-state index >= 15 is 0 Å². The van der Waals surface area contributed by atoms with Crippen LogP contribution in [0.4, 0.5) is 14.5 Å². The summed E-state index contributed by atoms with van der Waals surface area (Å²) >= 11 is 3.52. The summed E-state index contributed by atoms with van der Waals surface area (Å²) in [5.41, 5.74) is 0.407. The maximum atomic E-state index is 12.2. The van der Waals surface area contributed by atoms with E-state index < -0.39 is 5.76 Å². The van der Waals surface area contributed by atoms with Crippen LogP contribution in [-0.4, -0.2) is 16.5 Å². The number of thioether (sulfide) groups is 1. The van der Waals surface area contributed by atoms with Crippen molar-refractivity contribution >= 4 is 39.3 Å². The highest BCUT2D eigenvalue weighted by atomic mass is 79.9. The number of benzene rings is 1. The molecule has 0 heterocycles. The summed E-state index contributed by atoms with van der Waals surface area (Å²) in [6.07, 6.45) is 0. The number of rotatable bonds is 4. The van der Waals surface area contributed by atoms with Gasteiger partial charge in [-0.05, 0) is 19.1 Å². The fraction of sp³-hybridized carbons (Fsp3) is 0.300. The summed E-state index contributed by atoms with van der Waals surface area (Å²) in [6, 6.07) is 6.48. The molecule has 2 nitrogen and oxygen atoms in total. The minimum atomic E-state index is -2.50. The van der Waals surface area contributed by atoms with Gasteiger partial charge in [0.15, 0.2) is 0 Å². The number of anilines is 1. The van der Waals surface area contributed by atoms with E-state index in [0.29, 0.717) is 22.3 Å². The number of carbonyl (C=O) groups is 1. The molecule has 0 aromatic heterocycles. The van der Waals surface area contributed by atoms with Crippen molar-refractivity contribution in [2.75, 3.05) is 5.32 Å². The predicted octanol–water partition coefficient (Wildman–Crippen LogP) is 3.72. The molecule has 0 fully saturated rings. The van der Waals surface area contributed by atoms with Crippen LogP contribution in [0.5, 0.6) is 0 Å². The highest BCUT2D eigenvalue weighted by Crippen LogP contribution is 2.31. The Morgan fingerprint density at radius 3 is 2.62 bits per heavy atom. The zero-order chi connectivity index (χ0) is 12.1. The van der Waals surface area contributed by atoms with Crippen molar-refractivity contribution in [3.63, 3.8) is 0 Å². The molecule has 1 N–H and O–H groups in total. The van der Waals surface area contributed by atoms with Gasteiger partial charge in [0, 0.05) is 4.90 Å². The van der Waals surface area contributed by atoms with E-state index in [1.807, 2.05) is 0 Å². The van der Waals surface area contributed by atoms with E-state index in [-0.39, 0.29) is 10.7 Å². The first-order valence-electron chi connectivity index (χ1n) is 4.49. The minimum Gasteiger partial charge on any atom is -0.324 e. The molecule has 6 heteroatoms. The Morgan fingerprint density at radius 2 is 2.06 bits per heavy atom. The lowest BCUT2D eigenvalue weighted by Gasteiger charge is -2.11. The second-order valence-electron chi connectivity index (χ2n) is 2.98. The summed E-state index contributed by atoms with van der Waals surface area (Å²) in [5.74, 6) is -2.76. The summed E-state index contributed by atoms with van der Waals surface area (Å²) < 4.78 is 24.5. The predicted molar refractivity (Wildman–Crippen MR) is 65.3 cm³/mol. The largest absolute Gasteiger partial charge is 0.324 e. The molecular weight excluding hydrogens is 300 g/mol. The summed E-state index contributed by atoms with van der Waals surface area (Å²) in [7, 11) is 0. The molecule has 1 aromatic rings. The molecule has 0 radical (unpaired) electrons. The smallest absolute Gasteiger partial charge is 0.288 e. The molecule has 0 saturated carbocycles. The third-order valence-corrected chi connectivity index (χ3v) is 2.93. The van der Waals surface area contributed by atoms with Crippen molar-refractivity contribution in [1.29, 1.82) is 0 Å². The second kappa shape index (κ2) is 6.20. The normalized spacial score (nSPS) is 12.6. The molecule has 1 rings (SSSR count). The molecule has 16 heavy (non-hydrogen) atoms. The van der Waals surface area contributed by atoms with Crippen LogP contribution in [0.25, 0.3) is 0 Å². The van der Waals surface area contributed by atoms with E-state index in [4.69, 9.17) is 0 Å².